The molecule has 2 saturated heterocycles. The lowest BCUT2D eigenvalue weighted by Gasteiger charge is -2.18. The number of H-pyrrole nitrogens is 1. The molecule has 2 aromatic rings. The molecule has 0 unspecified atom stereocenters. The Morgan fingerprint density at radius 3 is 2.88 bits per heavy atom. The Bertz CT molecular complexity index is 862. The molecule has 4 rings (SSSR count). The summed E-state index contributed by atoms with van der Waals surface area (Å²) in [5.41, 5.74) is 1.60. The molecule has 126 valence electrons. The lowest BCUT2D eigenvalue weighted by molar-refractivity contribution is 0.0178. The molecule has 3 heterocycles. The zero-order valence-electron chi connectivity index (χ0n) is 13.1. The summed E-state index contributed by atoms with van der Waals surface area (Å²) < 4.78 is 11.0. The summed E-state index contributed by atoms with van der Waals surface area (Å²) in [7, 11) is 0. The van der Waals surface area contributed by atoms with E-state index in [1.165, 1.54) is 6.07 Å². The number of rotatable bonds is 2. The number of nitrogens with one attached hydrogen (secondary N) is 2. The lowest BCUT2D eigenvalue weighted by Crippen LogP contribution is -2.44. The van der Waals surface area contributed by atoms with E-state index in [2.05, 4.69) is 10.3 Å². The van der Waals surface area contributed by atoms with Gasteiger partial charge < -0.3 is 24.9 Å². The highest BCUT2D eigenvalue weighted by atomic mass is 16.6. The third kappa shape index (κ3) is 2.50. The Balaban J connectivity index is 1.64. The lowest BCUT2D eigenvalue weighted by atomic mass is 10.0. The molecule has 1 aromatic heterocycles. The average molecular weight is 330 g/mol. The van der Waals surface area contributed by atoms with E-state index in [1.807, 2.05) is 19.1 Å². The molecule has 3 N–H and O–H groups in total. The van der Waals surface area contributed by atoms with Gasteiger partial charge in [0.1, 0.15) is 18.3 Å². The van der Waals surface area contributed by atoms with Gasteiger partial charge in [-0.3, -0.25) is 9.59 Å². The Morgan fingerprint density at radius 2 is 2.04 bits per heavy atom. The number of aromatic amines is 1. The molecule has 0 saturated carbocycles. The molecule has 4 atom stereocenters. The maximum absolute atomic E-state index is 12.7. The van der Waals surface area contributed by atoms with Crippen LogP contribution in [0.25, 0.3) is 10.9 Å². The van der Waals surface area contributed by atoms with Crippen molar-refractivity contribution in [1.29, 1.82) is 0 Å². The monoisotopic (exact) mass is 330 g/mol. The van der Waals surface area contributed by atoms with Gasteiger partial charge in [0.15, 0.2) is 0 Å². The van der Waals surface area contributed by atoms with Crippen molar-refractivity contribution in [3.63, 3.8) is 0 Å². The van der Waals surface area contributed by atoms with Crippen LogP contribution in [-0.2, 0) is 9.47 Å². The number of aliphatic hydroxyl groups is 1. The minimum absolute atomic E-state index is 0.203. The third-order valence-electron chi connectivity index (χ3n) is 4.59. The van der Waals surface area contributed by atoms with Gasteiger partial charge in [-0.15, -0.1) is 0 Å². The van der Waals surface area contributed by atoms with E-state index in [1.54, 1.807) is 6.07 Å². The fourth-order valence-corrected chi connectivity index (χ4v) is 3.40. The summed E-state index contributed by atoms with van der Waals surface area (Å²) in [5, 5.41) is 13.3. The molecular formula is C17H18N2O5. The molecular weight excluding hydrogens is 312 g/mol. The van der Waals surface area contributed by atoms with Gasteiger partial charge in [-0.1, -0.05) is 11.6 Å². The number of carbonyl (C=O) groups is 1. The number of aryl methyl sites for hydroxylation is 1. The number of fused-ring (bicyclic) bond motifs is 2. The normalized spacial score (nSPS) is 28.9. The summed E-state index contributed by atoms with van der Waals surface area (Å²) >= 11 is 0. The summed E-state index contributed by atoms with van der Waals surface area (Å²) in [4.78, 5) is 27.3. The van der Waals surface area contributed by atoms with E-state index in [0.717, 1.165) is 5.56 Å². The first-order chi connectivity index (χ1) is 11.5. The molecule has 2 fully saturated rings. The van der Waals surface area contributed by atoms with Gasteiger partial charge in [-0.25, -0.2) is 0 Å². The van der Waals surface area contributed by atoms with Crippen molar-refractivity contribution in [2.75, 3.05) is 13.2 Å². The van der Waals surface area contributed by atoms with Gasteiger partial charge in [-0.2, -0.15) is 0 Å². The van der Waals surface area contributed by atoms with Crippen LogP contribution in [0.1, 0.15) is 15.9 Å². The van der Waals surface area contributed by atoms with Crippen LogP contribution in [0.4, 0.5) is 0 Å². The Morgan fingerprint density at radius 1 is 1.25 bits per heavy atom. The SMILES string of the molecule is Cc1ccc2[nH]c(=O)cc(C(=O)N[C@@H]3CO[C@H]4[C@@H]3OC[C@H]4O)c2c1. The number of hydrogen-bond donors (Lipinski definition) is 3. The second-order valence-corrected chi connectivity index (χ2v) is 6.34. The number of benzene rings is 1. The van der Waals surface area contributed by atoms with Crippen LogP contribution in [0.15, 0.2) is 29.1 Å². The van der Waals surface area contributed by atoms with E-state index >= 15 is 0 Å². The third-order valence-corrected chi connectivity index (χ3v) is 4.59. The number of hydrogen-bond acceptors (Lipinski definition) is 5. The fourth-order valence-electron chi connectivity index (χ4n) is 3.40. The van der Waals surface area contributed by atoms with Gasteiger partial charge >= 0.3 is 0 Å². The number of carbonyl (C=O) groups excluding carboxylic acids is 1. The number of amides is 1. The largest absolute Gasteiger partial charge is 0.388 e. The highest BCUT2D eigenvalue weighted by Gasteiger charge is 2.47. The van der Waals surface area contributed by atoms with Crippen molar-refractivity contribution in [3.05, 3.63) is 45.7 Å². The highest BCUT2D eigenvalue weighted by Crippen LogP contribution is 2.27. The van der Waals surface area contributed by atoms with E-state index in [4.69, 9.17) is 9.47 Å². The minimum Gasteiger partial charge on any atom is -0.388 e. The smallest absolute Gasteiger partial charge is 0.252 e. The highest BCUT2D eigenvalue weighted by molar-refractivity contribution is 6.06. The van der Waals surface area contributed by atoms with Gasteiger partial charge in [-0.05, 0) is 19.1 Å². The van der Waals surface area contributed by atoms with Crippen LogP contribution >= 0.6 is 0 Å². The van der Waals surface area contributed by atoms with Gasteiger partial charge in [0, 0.05) is 17.0 Å². The molecule has 0 aliphatic carbocycles. The fraction of sp³-hybridized carbons (Fsp3) is 0.412. The van der Waals surface area contributed by atoms with Crippen LogP contribution in [0.2, 0.25) is 0 Å². The molecule has 7 nitrogen and oxygen atoms in total. The van der Waals surface area contributed by atoms with Gasteiger partial charge in [0.25, 0.3) is 5.91 Å². The van der Waals surface area contributed by atoms with Gasteiger partial charge in [0.05, 0.1) is 24.8 Å². The van der Waals surface area contributed by atoms with Crippen molar-refractivity contribution in [2.45, 2.75) is 31.3 Å². The average Bonchev–Trinajstić information content (AvgIpc) is 3.11. The van der Waals surface area contributed by atoms with Crippen molar-refractivity contribution in [3.8, 4) is 0 Å². The first kappa shape index (κ1) is 15.3. The summed E-state index contributed by atoms with van der Waals surface area (Å²) in [6, 6.07) is 6.48. The zero-order chi connectivity index (χ0) is 16.8. The number of aliphatic hydroxyl groups excluding tert-OH is 1. The molecule has 2 aliphatic rings. The maximum Gasteiger partial charge on any atom is 0.252 e. The van der Waals surface area contributed by atoms with E-state index in [9.17, 15) is 14.7 Å². The van der Waals surface area contributed by atoms with Crippen LogP contribution < -0.4 is 10.9 Å². The Kier molecular flexibility index (Phi) is 3.64. The molecule has 7 heteroatoms. The van der Waals surface area contributed by atoms with E-state index in [0.29, 0.717) is 16.5 Å². The van der Waals surface area contributed by atoms with Crippen molar-refractivity contribution < 1.29 is 19.4 Å². The molecule has 2 aliphatic heterocycles. The predicted molar refractivity (Wildman–Crippen MR) is 86.0 cm³/mol. The van der Waals surface area contributed by atoms with Crippen molar-refractivity contribution in [2.24, 2.45) is 0 Å². The zero-order valence-corrected chi connectivity index (χ0v) is 13.1. The maximum atomic E-state index is 12.7. The standard InChI is InChI=1S/C17H18N2O5/c1-8-2-3-11-9(4-8)10(5-14(21)18-11)17(22)19-12-6-23-16-13(20)7-24-15(12)16/h2-5,12-13,15-16,20H,6-7H2,1H3,(H,18,21)(H,19,22)/t12-,13-,15-,16-/m1/s1. The second kappa shape index (κ2) is 5.70. The molecule has 24 heavy (non-hydrogen) atoms. The predicted octanol–water partition coefficient (Wildman–Crippen LogP) is 0.0934. The topological polar surface area (TPSA) is 101 Å². The second-order valence-electron chi connectivity index (χ2n) is 6.34. The first-order valence-electron chi connectivity index (χ1n) is 7.89. The van der Waals surface area contributed by atoms with E-state index < -0.39 is 12.2 Å². The molecule has 0 bridgehead atoms. The number of aromatic nitrogens is 1. The van der Waals surface area contributed by atoms with Crippen molar-refractivity contribution in [1.82, 2.24) is 10.3 Å². The molecule has 0 radical (unpaired) electrons. The van der Waals surface area contributed by atoms with E-state index in [-0.39, 0.29) is 36.8 Å². The first-order valence-corrected chi connectivity index (χ1v) is 7.89. The van der Waals surface area contributed by atoms with Crippen molar-refractivity contribution >= 4 is 16.8 Å². The summed E-state index contributed by atoms with van der Waals surface area (Å²) in [6.45, 7) is 2.41. The molecule has 1 aromatic carbocycles. The number of ether oxygens (including phenoxy) is 2. The molecule has 1 amide bonds. The van der Waals surface area contributed by atoms with Crippen LogP contribution in [0.5, 0.6) is 0 Å². The Hall–Kier alpha value is -2.22. The minimum atomic E-state index is -0.667. The summed E-state index contributed by atoms with van der Waals surface area (Å²) in [6.07, 6.45) is -1.44. The Labute approximate surface area is 137 Å². The van der Waals surface area contributed by atoms with Crippen LogP contribution in [-0.4, -0.2) is 53.6 Å². The quantitative estimate of drug-likeness (QED) is 0.725. The summed E-state index contributed by atoms with van der Waals surface area (Å²) in [5.74, 6) is -0.351. The van der Waals surface area contributed by atoms with Gasteiger partial charge in [0.2, 0.25) is 5.56 Å². The van der Waals surface area contributed by atoms with Crippen LogP contribution in [0.3, 0.4) is 0 Å². The van der Waals surface area contributed by atoms with Crippen LogP contribution in [0, 0.1) is 6.92 Å². The molecule has 0 spiro atoms. The number of pyridine rings is 1.